The minimum absolute atomic E-state index is 0.534. The molecule has 3 heteroatoms. The van der Waals surface area contributed by atoms with Gasteiger partial charge in [-0.3, -0.25) is 4.21 Å². The summed E-state index contributed by atoms with van der Waals surface area (Å²) in [5.41, 5.74) is 1.56. The third kappa shape index (κ3) is 3.42. The van der Waals surface area contributed by atoms with E-state index in [2.05, 4.69) is 24.8 Å². The van der Waals surface area contributed by atoms with E-state index in [1.807, 2.05) is 0 Å². The molecule has 16 heavy (non-hydrogen) atoms. The van der Waals surface area contributed by atoms with Crippen molar-refractivity contribution in [3.8, 4) is 0 Å². The third-order valence-corrected chi connectivity index (χ3v) is 4.95. The average molecular weight is 241 g/mol. The normalized spacial score (nSPS) is 33.8. The lowest BCUT2D eigenvalue weighted by Gasteiger charge is -2.33. The summed E-state index contributed by atoms with van der Waals surface area (Å²) in [6, 6.07) is 0. The first kappa shape index (κ1) is 12.3. The minimum Gasteiger partial charge on any atom is -0.301 e. The highest BCUT2D eigenvalue weighted by atomic mass is 32.2. The Morgan fingerprint density at radius 3 is 2.75 bits per heavy atom. The monoisotopic (exact) mass is 241 g/mol. The molecule has 0 saturated carbocycles. The van der Waals surface area contributed by atoms with Crippen LogP contribution in [0.3, 0.4) is 0 Å². The number of allylic oxidation sites excluding steroid dienone is 2. The van der Waals surface area contributed by atoms with Crippen LogP contribution in [0.15, 0.2) is 11.6 Å². The van der Waals surface area contributed by atoms with E-state index in [1.54, 1.807) is 5.57 Å². The Morgan fingerprint density at radius 1 is 1.44 bits per heavy atom. The van der Waals surface area contributed by atoms with E-state index >= 15 is 0 Å². The highest BCUT2D eigenvalue weighted by molar-refractivity contribution is 7.85. The van der Waals surface area contributed by atoms with Gasteiger partial charge in [-0.25, -0.2) is 0 Å². The van der Waals surface area contributed by atoms with Gasteiger partial charge in [0.15, 0.2) is 0 Å². The maximum atomic E-state index is 11.3. The van der Waals surface area contributed by atoms with Crippen molar-refractivity contribution in [2.75, 3.05) is 31.1 Å². The van der Waals surface area contributed by atoms with E-state index in [-0.39, 0.29) is 0 Å². The third-order valence-electron chi connectivity index (χ3n) is 3.67. The summed E-state index contributed by atoms with van der Waals surface area (Å²) in [6.07, 6.45) is 5.02. The first-order chi connectivity index (χ1) is 7.63. The van der Waals surface area contributed by atoms with E-state index < -0.39 is 10.8 Å². The van der Waals surface area contributed by atoms with Crippen molar-refractivity contribution in [3.05, 3.63) is 11.6 Å². The summed E-state index contributed by atoms with van der Waals surface area (Å²) >= 11 is 0. The molecule has 2 rings (SSSR count). The predicted molar refractivity (Wildman–Crippen MR) is 70.0 cm³/mol. The second-order valence-electron chi connectivity index (χ2n) is 5.44. The van der Waals surface area contributed by atoms with E-state index in [0.717, 1.165) is 36.4 Å². The quantitative estimate of drug-likeness (QED) is 0.690. The largest absolute Gasteiger partial charge is 0.301 e. The van der Waals surface area contributed by atoms with Gasteiger partial charge in [0.05, 0.1) is 0 Å². The maximum Gasteiger partial charge on any atom is 0.0363 e. The van der Waals surface area contributed by atoms with Gasteiger partial charge >= 0.3 is 0 Å². The molecule has 0 aromatic heterocycles. The molecule has 2 unspecified atom stereocenters. The van der Waals surface area contributed by atoms with E-state index in [0.29, 0.717) is 0 Å². The van der Waals surface area contributed by atoms with Gasteiger partial charge in [0.1, 0.15) is 0 Å². The summed E-state index contributed by atoms with van der Waals surface area (Å²) in [4.78, 5) is 2.51. The fraction of sp³-hybridized carbons (Fsp3) is 0.846. The average Bonchev–Trinajstić information content (AvgIpc) is 2.20. The molecule has 1 aliphatic heterocycles. The molecular weight excluding hydrogens is 218 g/mol. The molecule has 0 radical (unpaired) electrons. The summed E-state index contributed by atoms with van der Waals surface area (Å²) in [7, 11) is -0.534. The molecule has 0 aromatic carbocycles. The lowest BCUT2D eigenvalue weighted by atomic mass is 9.83. The van der Waals surface area contributed by atoms with Gasteiger partial charge in [-0.1, -0.05) is 18.6 Å². The number of nitrogens with zero attached hydrogens (tertiary/aromatic N) is 1. The van der Waals surface area contributed by atoms with Crippen molar-refractivity contribution in [1.29, 1.82) is 0 Å². The Labute approximate surface area is 102 Å². The van der Waals surface area contributed by atoms with Crippen LogP contribution in [0.2, 0.25) is 0 Å². The highest BCUT2D eigenvalue weighted by Gasteiger charge is 2.22. The van der Waals surface area contributed by atoms with Crippen LogP contribution in [-0.2, 0) is 10.8 Å². The Bertz CT molecular complexity index is 290. The second-order valence-corrected chi connectivity index (χ2v) is 7.14. The summed E-state index contributed by atoms with van der Waals surface area (Å²) in [5.74, 6) is 3.35. The van der Waals surface area contributed by atoms with Crippen molar-refractivity contribution in [1.82, 2.24) is 4.90 Å². The fourth-order valence-corrected chi connectivity index (χ4v) is 4.18. The Kier molecular flexibility index (Phi) is 4.20. The van der Waals surface area contributed by atoms with Gasteiger partial charge in [0.2, 0.25) is 0 Å². The van der Waals surface area contributed by atoms with Gasteiger partial charge in [-0.2, -0.15) is 0 Å². The van der Waals surface area contributed by atoms with Crippen molar-refractivity contribution in [3.63, 3.8) is 0 Å². The molecule has 0 N–H and O–H groups in total. The zero-order chi connectivity index (χ0) is 11.5. The van der Waals surface area contributed by atoms with Crippen LogP contribution in [0.4, 0.5) is 0 Å². The zero-order valence-electron chi connectivity index (χ0n) is 10.4. The van der Waals surface area contributed by atoms with Crippen LogP contribution >= 0.6 is 0 Å². The molecule has 0 amide bonds. The molecule has 0 spiro atoms. The van der Waals surface area contributed by atoms with Crippen LogP contribution < -0.4 is 0 Å². The van der Waals surface area contributed by atoms with Crippen LogP contribution in [-0.4, -0.2) is 40.2 Å². The van der Waals surface area contributed by atoms with Crippen LogP contribution in [0.1, 0.15) is 26.7 Å². The first-order valence-electron chi connectivity index (χ1n) is 6.38. The van der Waals surface area contributed by atoms with Crippen LogP contribution in [0, 0.1) is 11.8 Å². The van der Waals surface area contributed by atoms with Gasteiger partial charge in [-0.15, -0.1) is 0 Å². The van der Waals surface area contributed by atoms with Crippen molar-refractivity contribution in [2.24, 2.45) is 11.8 Å². The SMILES string of the molecule is CC1=CC(C)CC(CN2CCS(=O)CC2)C1. The summed E-state index contributed by atoms with van der Waals surface area (Å²) in [5, 5.41) is 0. The number of rotatable bonds is 2. The standard InChI is InChI=1S/C13H23NOS/c1-11-7-12(2)9-13(8-11)10-14-3-5-16(15)6-4-14/h7,11,13H,3-6,8-10H2,1-2H3. The Balaban J connectivity index is 1.82. The molecule has 1 heterocycles. The van der Waals surface area contributed by atoms with E-state index in [4.69, 9.17) is 0 Å². The molecule has 92 valence electrons. The molecule has 0 aromatic rings. The lowest BCUT2D eigenvalue weighted by molar-refractivity contribution is 0.227. The highest BCUT2D eigenvalue weighted by Crippen LogP contribution is 2.28. The smallest absolute Gasteiger partial charge is 0.0363 e. The number of hydrogen-bond donors (Lipinski definition) is 0. The zero-order valence-corrected chi connectivity index (χ0v) is 11.3. The molecule has 2 nitrogen and oxygen atoms in total. The second kappa shape index (κ2) is 5.46. The molecular formula is C13H23NOS. The molecule has 2 aliphatic rings. The molecule has 2 atom stereocenters. The van der Waals surface area contributed by atoms with Gasteiger partial charge in [-0.05, 0) is 31.6 Å². The Morgan fingerprint density at radius 2 is 2.12 bits per heavy atom. The van der Waals surface area contributed by atoms with Crippen molar-refractivity contribution >= 4 is 10.8 Å². The van der Waals surface area contributed by atoms with Gasteiger partial charge < -0.3 is 4.90 Å². The molecule has 1 saturated heterocycles. The summed E-state index contributed by atoms with van der Waals surface area (Å²) < 4.78 is 11.3. The first-order valence-corrected chi connectivity index (χ1v) is 7.87. The molecule has 1 fully saturated rings. The fourth-order valence-electron chi connectivity index (χ4n) is 3.05. The van der Waals surface area contributed by atoms with Crippen molar-refractivity contribution < 1.29 is 4.21 Å². The molecule has 0 bridgehead atoms. The van der Waals surface area contributed by atoms with Gasteiger partial charge in [0, 0.05) is 41.9 Å². The topological polar surface area (TPSA) is 20.3 Å². The number of hydrogen-bond acceptors (Lipinski definition) is 2. The van der Waals surface area contributed by atoms with E-state index in [1.165, 1.54) is 19.4 Å². The van der Waals surface area contributed by atoms with Crippen LogP contribution in [0.5, 0.6) is 0 Å². The maximum absolute atomic E-state index is 11.3. The lowest BCUT2D eigenvalue weighted by Crippen LogP contribution is -2.41. The van der Waals surface area contributed by atoms with Crippen LogP contribution in [0.25, 0.3) is 0 Å². The van der Waals surface area contributed by atoms with Gasteiger partial charge in [0.25, 0.3) is 0 Å². The minimum atomic E-state index is -0.534. The van der Waals surface area contributed by atoms with Crippen molar-refractivity contribution in [2.45, 2.75) is 26.7 Å². The predicted octanol–water partition coefficient (Wildman–Crippen LogP) is 2.04. The molecule has 1 aliphatic carbocycles. The van der Waals surface area contributed by atoms with E-state index in [9.17, 15) is 4.21 Å². The Hall–Kier alpha value is -0.150. The summed E-state index contributed by atoms with van der Waals surface area (Å²) in [6.45, 7) is 7.88.